The zero-order valence-electron chi connectivity index (χ0n) is 24.1. The number of rotatable bonds is 6. The first-order valence-corrected chi connectivity index (χ1v) is 16.5. The van der Waals surface area contributed by atoms with Crippen LogP contribution in [0.15, 0.2) is 46.9 Å². The van der Waals surface area contributed by atoms with Crippen molar-refractivity contribution >= 4 is 9.84 Å². The van der Waals surface area contributed by atoms with Crippen molar-refractivity contribution in [3.63, 3.8) is 0 Å². The minimum absolute atomic E-state index is 0.00589. The van der Waals surface area contributed by atoms with Crippen LogP contribution in [-0.2, 0) is 9.84 Å². The molecule has 3 saturated carbocycles. The van der Waals surface area contributed by atoms with E-state index in [1.165, 1.54) is 17.7 Å². The number of allylic oxidation sites excluding steroid dienone is 1. The summed E-state index contributed by atoms with van der Waals surface area (Å²) < 4.78 is 69.5. The molecule has 0 aliphatic heterocycles. The lowest BCUT2D eigenvalue weighted by atomic mass is 9.50. The van der Waals surface area contributed by atoms with Crippen LogP contribution in [0.25, 0.3) is 0 Å². The Balaban J connectivity index is 1.45. The van der Waals surface area contributed by atoms with E-state index in [4.69, 9.17) is 0 Å². The van der Waals surface area contributed by atoms with Crippen molar-refractivity contribution in [2.24, 2.45) is 40.9 Å². The van der Waals surface area contributed by atoms with E-state index in [1.54, 1.807) is 18.2 Å². The average Bonchev–Trinajstić information content (AvgIpc) is 3.23. The highest BCUT2D eigenvalue weighted by Crippen LogP contribution is 2.65. The van der Waals surface area contributed by atoms with Crippen LogP contribution in [0.3, 0.4) is 0 Å². The van der Waals surface area contributed by atoms with Crippen LogP contribution in [0.1, 0.15) is 85.5 Å². The standard InChI is InChI=1S/C32H45F3O4S/c1-20(28(19-31(4,37)32(33,34)35)40(38,39)22-8-6-5-7-9-22)26-12-13-27-25-11-10-21-18-29(2,36)16-14-23(21)24(25)15-17-30(26,27)3/h5-10,20,23-28,36-37H,11-19H2,1-4H3/t20-,23-,24+,25+,26+,27-,28?,29-,30+,31?/m0/s1. The van der Waals surface area contributed by atoms with Gasteiger partial charge in [-0.05, 0) is 118 Å². The molecule has 0 spiro atoms. The predicted octanol–water partition coefficient (Wildman–Crippen LogP) is 7.11. The van der Waals surface area contributed by atoms with Crippen LogP contribution in [-0.4, -0.2) is 41.3 Å². The third kappa shape index (κ3) is 5.08. The first kappa shape index (κ1) is 30.1. The quantitative estimate of drug-likeness (QED) is 0.351. The van der Waals surface area contributed by atoms with Gasteiger partial charge in [0, 0.05) is 6.42 Å². The Morgan fingerprint density at radius 2 is 1.70 bits per heavy atom. The van der Waals surface area contributed by atoms with Crippen molar-refractivity contribution in [3.8, 4) is 0 Å². The van der Waals surface area contributed by atoms with E-state index in [1.807, 2.05) is 13.8 Å². The number of aliphatic hydroxyl groups is 2. The summed E-state index contributed by atoms with van der Waals surface area (Å²) in [6.07, 6.45) is 3.73. The van der Waals surface area contributed by atoms with Gasteiger partial charge in [-0.3, -0.25) is 0 Å². The fourth-order valence-corrected chi connectivity index (χ4v) is 11.7. The number of hydrogen-bond donors (Lipinski definition) is 2. The molecule has 0 amide bonds. The van der Waals surface area contributed by atoms with Gasteiger partial charge in [0.2, 0.25) is 0 Å². The molecule has 224 valence electrons. The van der Waals surface area contributed by atoms with Crippen molar-refractivity contribution in [2.45, 2.75) is 113 Å². The molecule has 5 rings (SSSR count). The molecule has 2 unspecified atom stereocenters. The van der Waals surface area contributed by atoms with E-state index in [0.29, 0.717) is 30.6 Å². The Morgan fingerprint density at radius 3 is 2.35 bits per heavy atom. The molecule has 0 bridgehead atoms. The number of alkyl halides is 3. The van der Waals surface area contributed by atoms with Crippen molar-refractivity contribution in [3.05, 3.63) is 42.0 Å². The van der Waals surface area contributed by atoms with Gasteiger partial charge in [-0.2, -0.15) is 13.2 Å². The molecule has 4 aliphatic carbocycles. The van der Waals surface area contributed by atoms with Gasteiger partial charge < -0.3 is 10.2 Å². The maximum Gasteiger partial charge on any atom is 0.416 e. The zero-order valence-corrected chi connectivity index (χ0v) is 24.9. The summed E-state index contributed by atoms with van der Waals surface area (Å²) in [6.45, 7) is 6.68. The third-order valence-electron chi connectivity index (χ3n) is 11.7. The summed E-state index contributed by atoms with van der Waals surface area (Å²) in [5, 5.41) is 19.8. The summed E-state index contributed by atoms with van der Waals surface area (Å²) >= 11 is 0. The largest absolute Gasteiger partial charge is 0.416 e. The molecular formula is C32H45F3O4S. The van der Waals surface area contributed by atoms with Gasteiger partial charge in [-0.25, -0.2) is 8.42 Å². The number of sulfone groups is 1. The Morgan fingerprint density at radius 1 is 1.02 bits per heavy atom. The highest BCUT2D eigenvalue weighted by Gasteiger charge is 2.60. The van der Waals surface area contributed by atoms with Gasteiger partial charge in [0.15, 0.2) is 15.4 Å². The van der Waals surface area contributed by atoms with E-state index in [2.05, 4.69) is 13.0 Å². The second kappa shape index (κ2) is 10.1. The SMILES string of the molecule is C[C@H](C(CC(C)(O)C(F)(F)F)S(=O)(=O)c1ccccc1)[C@H]1CC[C@H]2[C@@H]3CC=C4C[C@@](C)(O)CC[C@@H]4[C@H]3CC[C@]12C. The zero-order chi connectivity index (χ0) is 29.3. The van der Waals surface area contributed by atoms with Crippen LogP contribution in [0, 0.1) is 40.9 Å². The maximum atomic E-state index is 13.9. The summed E-state index contributed by atoms with van der Waals surface area (Å²) in [5.41, 5.74) is -2.52. The number of halogens is 3. The molecule has 1 aromatic carbocycles. The van der Waals surface area contributed by atoms with E-state index in [0.717, 1.165) is 51.4 Å². The topological polar surface area (TPSA) is 74.6 Å². The van der Waals surface area contributed by atoms with E-state index in [9.17, 15) is 31.8 Å². The number of fused-ring (bicyclic) bond motifs is 5. The van der Waals surface area contributed by atoms with Crippen LogP contribution in [0.4, 0.5) is 13.2 Å². The fourth-order valence-electron chi connectivity index (χ4n) is 9.50. The smallest absolute Gasteiger partial charge is 0.390 e. The van der Waals surface area contributed by atoms with E-state index < -0.39 is 44.8 Å². The molecule has 40 heavy (non-hydrogen) atoms. The van der Waals surface area contributed by atoms with E-state index in [-0.39, 0.29) is 16.2 Å². The second-order valence-electron chi connectivity index (χ2n) is 14.2. The minimum Gasteiger partial charge on any atom is -0.390 e. The van der Waals surface area contributed by atoms with Gasteiger partial charge in [-0.15, -0.1) is 0 Å². The Hall–Kier alpha value is -1.38. The normalized spacial score (nSPS) is 39.2. The molecule has 1 aromatic rings. The van der Waals surface area contributed by atoms with Gasteiger partial charge in [0.1, 0.15) is 0 Å². The highest BCUT2D eigenvalue weighted by atomic mass is 32.2. The van der Waals surface area contributed by atoms with Crippen LogP contribution < -0.4 is 0 Å². The number of hydrogen-bond acceptors (Lipinski definition) is 4. The average molecular weight is 583 g/mol. The molecule has 0 aromatic heterocycles. The van der Waals surface area contributed by atoms with E-state index >= 15 is 0 Å². The molecule has 10 atom stereocenters. The molecule has 0 heterocycles. The van der Waals surface area contributed by atoms with Gasteiger partial charge in [-0.1, -0.05) is 43.7 Å². The predicted molar refractivity (Wildman–Crippen MR) is 149 cm³/mol. The lowest BCUT2D eigenvalue weighted by Crippen LogP contribution is -2.51. The monoisotopic (exact) mass is 582 g/mol. The molecule has 0 saturated heterocycles. The number of benzene rings is 1. The lowest BCUT2D eigenvalue weighted by Gasteiger charge is -2.55. The summed E-state index contributed by atoms with van der Waals surface area (Å²) in [5.74, 6) is 1.32. The first-order valence-electron chi connectivity index (χ1n) is 15.0. The molecule has 4 aliphatic rings. The Kier molecular flexibility index (Phi) is 7.61. The molecule has 8 heteroatoms. The van der Waals surface area contributed by atoms with Crippen molar-refractivity contribution in [1.82, 2.24) is 0 Å². The molecule has 0 radical (unpaired) electrons. The van der Waals surface area contributed by atoms with Crippen LogP contribution in [0.2, 0.25) is 0 Å². The Bertz CT molecular complexity index is 1220. The highest BCUT2D eigenvalue weighted by molar-refractivity contribution is 7.92. The fraction of sp³-hybridized carbons (Fsp3) is 0.750. The summed E-state index contributed by atoms with van der Waals surface area (Å²) in [6, 6.07) is 7.73. The lowest BCUT2D eigenvalue weighted by molar-refractivity contribution is -0.255. The van der Waals surface area contributed by atoms with Crippen molar-refractivity contribution < 1.29 is 31.8 Å². The second-order valence-corrected chi connectivity index (χ2v) is 16.4. The van der Waals surface area contributed by atoms with Crippen molar-refractivity contribution in [2.75, 3.05) is 0 Å². The molecule has 4 nitrogen and oxygen atoms in total. The van der Waals surface area contributed by atoms with Crippen molar-refractivity contribution in [1.29, 1.82) is 0 Å². The van der Waals surface area contributed by atoms with Crippen LogP contribution >= 0.6 is 0 Å². The first-order chi connectivity index (χ1) is 18.5. The summed E-state index contributed by atoms with van der Waals surface area (Å²) in [7, 11) is -4.14. The molecule has 3 fully saturated rings. The maximum absolute atomic E-state index is 13.9. The summed E-state index contributed by atoms with van der Waals surface area (Å²) in [4.78, 5) is 0.00589. The van der Waals surface area contributed by atoms with Gasteiger partial charge >= 0.3 is 6.18 Å². The Labute approximate surface area is 237 Å². The van der Waals surface area contributed by atoms with Gasteiger partial charge in [0.05, 0.1) is 15.7 Å². The van der Waals surface area contributed by atoms with Gasteiger partial charge in [0.25, 0.3) is 0 Å². The third-order valence-corrected chi connectivity index (χ3v) is 14.0. The molecular weight excluding hydrogens is 537 g/mol. The van der Waals surface area contributed by atoms with Crippen LogP contribution in [0.5, 0.6) is 0 Å². The minimum atomic E-state index is -4.94. The molecule has 2 N–H and O–H groups in total.